The Labute approximate surface area is 153 Å². The van der Waals surface area contributed by atoms with Crippen LogP contribution in [-0.4, -0.2) is 5.60 Å². The molecule has 0 bridgehead atoms. The first-order valence-electron chi connectivity index (χ1n) is 8.58. The third kappa shape index (κ3) is 21.2. The zero-order chi connectivity index (χ0) is 18.5. The van der Waals surface area contributed by atoms with Crippen LogP contribution in [0.25, 0.3) is 0 Å². The topological polar surface area (TPSA) is 9.23 Å². The molecular formula is C21H37BrO. The molecule has 0 aliphatic heterocycles. The van der Waals surface area contributed by atoms with Crippen molar-refractivity contribution < 1.29 is 4.74 Å². The van der Waals surface area contributed by atoms with Gasteiger partial charge in [-0.05, 0) is 52.7 Å². The molecule has 0 aromatic heterocycles. The molecular weight excluding hydrogens is 348 g/mol. The van der Waals surface area contributed by atoms with E-state index in [9.17, 15) is 0 Å². The first-order chi connectivity index (χ1) is 10.5. The second-order valence-corrected chi connectivity index (χ2v) is 7.93. The number of halogens is 1. The molecule has 0 spiro atoms. The molecule has 1 aromatic carbocycles. The summed E-state index contributed by atoms with van der Waals surface area (Å²) >= 11 is 3.35. The Hall–Kier alpha value is -0.760. The van der Waals surface area contributed by atoms with Gasteiger partial charge >= 0.3 is 0 Å². The van der Waals surface area contributed by atoms with Crippen LogP contribution in [0.4, 0.5) is 0 Å². The van der Waals surface area contributed by atoms with E-state index >= 15 is 0 Å². The van der Waals surface area contributed by atoms with E-state index in [1.54, 1.807) is 0 Å². The van der Waals surface area contributed by atoms with Crippen LogP contribution in [0.1, 0.15) is 73.3 Å². The summed E-state index contributed by atoms with van der Waals surface area (Å²) in [5, 5.41) is 0. The minimum absolute atomic E-state index is 0.0775. The highest BCUT2D eigenvalue weighted by Gasteiger charge is 2.08. The van der Waals surface area contributed by atoms with E-state index in [-0.39, 0.29) is 5.60 Å². The molecule has 0 radical (unpaired) electrons. The number of hydrogen-bond acceptors (Lipinski definition) is 1. The normalized spacial score (nSPS) is 11.3. The molecule has 2 heteroatoms. The Bertz CT molecular complexity index is 380. The molecule has 0 aliphatic carbocycles. The summed E-state index contributed by atoms with van der Waals surface area (Å²) in [4.78, 5) is 0. The highest BCUT2D eigenvalue weighted by molar-refractivity contribution is 9.10. The average molecular weight is 385 g/mol. The largest absolute Gasteiger partial charge is 0.493 e. The molecule has 0 saturated carbocycles. The molecule has 0 heterocycles. The van der Waals surface area contributed by atoms with Gasteiger partial charge in [-0.15, -0.1) is 0 Å². The molecule has 134 valence electrons. The fourth-order valence-electron chi connectivity index (χ4n) is 1.75. The fraction of sp³-hybridized carbons (Fsp3) is 0.619. The van der Waals surface area contributed by atoms with Gasteiger partial charge in [-0.3, -0.25) is 0 Å². The van der Waals surface area contributed by atoms with E-state index in [0.29, 0.717) is 0 Å². The van der Waals surface area contributed by atoms with Crippen molar-refractivity contribution in [3.63, 3.8) is 0 Å². The summed E-state index contributed by atoms with van der Waals surface area (Å²) < 4.78 is 6.38. The van der Waals surface area contributed by atoms with Crippen LogP contribution >= 0.6 is 15.9 Å². The lowest BCUT2D eigenvalue weighted by atomic mass is 10.0. The second kappa shape index (κ2) is 13.7. The SMILES string of the molecule is C=C(C)OC(C)(C)C.CCCC(C)CC.Cc1ccc(Br)cc1. The van der Waals surface area contributed by atoms with Crippen LogP contribution in [0, 0.1) is 12.8 Å². The third-order valence-electron chi connectivity index (χ3n) is 2.97. The zero-order valence-corrected chi connectivity index (χ0v) is 18.1. The van der Waals surface area contributed by atoms with Crippen molar-refractivity contribution >= 4 is 15.9 Å². The number of allylic oxidation sites excluding steroid dienone is 1. The van der Waals surface area contributed by atoms with Crippen molar-refractivity contribution in [1.29, 1.82) is 0 Å². The van der Waals surface area contributed by atoms with E-state index in [1.165, 1.54) is 24.8 Å². The van der Waals surface area contributed by atoms with Gasteiger partial charge in [0, 0.05) is 4.47 Å². The van der Waals surface area contributed by atoms with Crippen molar-refractivity contribution in [2.75, 3.05) is 0 Å². The highest BCUT2D eigenvalue weighted by atomic mass is 79.9. The molecule has 1 atom stereocenters. The van der Waals surface area contributed by atoms with Crippen LogP contribution in [0.5, 0.6) is 0 Å². The molecule has 1 aromatic rings. The highest BCUT2D eigenvalue weighted by Crippen LogP contribution is 2.10. The van der Waals surface area contributed by atoms with Gasteiger partial charge in [0.2, 0.25) is 0 Å². The van der Waals surface area contributed by atoms with Gasteiger partial charge < -0.3 is 4.74 Å². The minimum atomic E-state index is -0.0775. The Balaban J connectivity index is 0. The lowest BCUT2D eigenvalue weighted by Gasteiger charge is -2.20. The molecule has 0 N–H and O–H groups in total. The summed E-state index contributed by atoms with van der Waals surface area (Å²) in [6, 6.07) is 8.22. The van der Waals surface area contributed by atoms with Crippen molar-refractivity contribution in [3.05, 3.63) is 46.6 Å². The van der Waals surface area contributed by atoms with Crippen LogP contribution < -0.4 is 0 Å². The Morgan fingerprint density at radius 1 is 1.17 bits per heavy atom. The molecule has 1 unspecified atom stereocenters. The van der Waals surface area contributed by atoms with Crippen molar-refractivity contribution in [1.82, 2.24) is 0 Å². The van der Waals surface area contributed by atoms with Gasteiger partial charge in [0.05, 0.1) is 5.76 Å². The number of ether oxygens (including phenoxy) is 1. The predicted octanol–water partition coefficient (Wildman–Crippen LogP) is 7.93. The Kier molecular flexibility index (Phi) is 14.5. The fourth-order valence-corrected chi connectivity index (χ4v) is 2.02. The summed E-state index contributed by atoms with van der Waals surface area (Å²) in [6.07, 6.45) is 4.08. The van der Waals surface area contributed by atoms with Crippen molar-refractivity contribution in [2.24, 2.45) is 5.92 Å². The molecule has 1 nitrogen and oxygen atoms in total. The number of hydrogen-bond donors (Lipinski definition) is 0. The van der Waals surface area contributed by atoms with E-state index in [0.717, 1.165) is 16.1 Å². The van der Waals surface area contributed by atoms with E-state index < -0.39 is 0 Å². The quantitative estimate of drug-likeness (QED) is 0.478. The van der Waals surface area contributed by atoms with Gasteiger partial charge in [0.15, 0.2) is 0 Å². The van der Waals surface area contributed by atoms with Crippen LogP contribution in [0.15, 0.2) is 41.1 Å². The summed E-state index contributed by atoms with van der Waals surface area (Å²) in [6.45, 7) is 20.4. The van der Waals surface area contributed by atoms with E-state index in [4.69, 9.17) is 4.74 Å². The van der Waals surface area contributed by atoms with Crippen molar-refractivity contribution in [2.45, 2.75) is 80.3 Å². The lowest BCUT2D eigenvalue weighted by molar-refractivity contribution is 0.0544. The van der Waals surface area contributed by atoms with Crippen LogP contribution in [0.2, 0.25) is 0 Å². The zero-order valence-electron chi connectivity index (χ0n) is 16.5. The number of benzene rings is 1. The maximum Gasteiger partial charge on any atom is 0.100 e. The van der Waals surface area contributed by atoms with E-state index in [2.05, 4.69) is 62.3 Å². The maximum absolute atomic E-state index is 5.24. The standard InChI is InChI=1S/C7H7Br.C7H14O.C7H16/c1-6-2-4-7(8)5-3-6;1-6(2)8-7(3,4)5;1-4-6-7(3)5-2/h2-5H,1H3;1H2,2-5H3;7H,4-6H2,1-3H3. The monoisotopic (exact) mass is 384 g/mol. The maximum atomic E-state index is 5.24. The van der Waals surface area contributed by atoms with Gasteiger partial charge in [-0.1, -0.05) is 80.2 Å². The minimum Gasteiger partial charge on any atom is -0.493 e. The Morgan fingerprint density at radius 2 is 1.65 bits per heavy atom. The van der Waals surface area contributed by atoms with Gasteiger partial charge in [-0.25, -0.2) is 0 Å². The molecule has 0 fully saturated rings. The summed E-state index contributed by atoms with van der Waals surface area (Å²) in [5.74, 6) is 1.72. The smallest absolute Gasteiger partial charge is 0.100 e. The predicted molar refractivity (Wildman–Crippen MR) is 109 cm³/mol. The van der Waals surface area contributed by atoms with Crippen LogP contribution in [-0.2, 0) is 4.74 Å². The Morgan fingerprint density at radius 3 is 1.83 bits per heavy atom. The summed E-state index contributed by atoms with van der Waals surface area (Å²) in [7, 11) is 0. The van der Waals surface area contributed by atoms with Crippen LogP contribution in [0.3, 0.4) is 0 Å². The van der Waals surface area contributed by atoms with Gasteiger partial charge in [0.1, 0.15) is 5.60 Å². The summed E-state index contributed by atoms with van der Waals surface area (Å²) in [5.41, 5.74) is 1.22. The van der Waals surface area contributed by atoms with E-state index in [1.807, 2.05) is 39.8 Å². The number of rotatable bonds is 4. The van der Waals surface area contributed by atoms with Gasteiger partial charge in [-0.2, -0.15) is 0 Å². The molecule has 23 heavy (non-hydrogen) atoms. The molecule has 0 saturated heterocycles. The molecule has 0 amide bonds. The average Bonchev–Trinajstić information content (AvgIpc) is 2.41. The first kappa shape index (κ1) is 24.5. The third-order valence-corrected chi connectivity index (χ3v) is 3.50. The number of aryl methyl sites for hydroxylation is 1. The molecule has 0 aliphatic rings. The van der Waals surface area contributed by atoms with Gasteiger partial charge in [0.25, 0.3) is 0 Å². The first-order valence-corrected chi connectivity index (χ1v) is 9.37. The van der Waals surface area contributed by atoms with Crippen molar-refractivity contribution in [3.8, 4) is 0 Å². The lowest BCUT2D eigenvalue weighted by Crippen LogP contribution is -2.17. The second-order valence-electron chi connectivity index (χ2n) is 7.01. The molecule has 1 rings (SSSR count).